The van der Waals surface area contributed by atoms with Crippen LogP contribution < -0.4 is 10.9 Å². The number of aromatic nitrogens is 5. The predicted octanol–water partition coefficient (Wildman–Crippen LogP) is 4.53. The summed E-state index contributed by atoms with van der Waals surface area (Å²) in [6.45, 7) is 3.40. The van der Waals surface area contributed by atoms with Gasteiger partial charge in [0.2, 0.25) is 5.91 Å². The molecule has 8 nitrogen and oxygen atoms in total. The number of anilines is 1. The van der Waals surface area contributed by atoms with Crippen LogP contribution in [0.4, 0.5) is 5.69 Å². The van der Waals surface area contributed by atoms with E-state index in [1.807, 2.05) is 59.4 Å². The largest absolute Gasteiger partial charge is 0.323 e. The topological polar surface area (TPSA) is 86.7 Å². The molecular formula is C25H21ClN6O2. The van der Waals surface area contributed by atoms with Crippen LogP contribution in [0.1, 0.15) is 18.7 Å². The van der Waals surface area contributed by atoms with Gasteiger partial charge in [-0.3, -0.25) is 9.59 Å². The van der Waals surface area contributed by atoms with Crippen LogP contribution in [0.15, 0.2) is 83.9 Å². The fraction of sp³-hybridized carbons (Fsp3) is 0.120. The number of amides is 1. The van der Waals surface area contributed by atoms with Crippen molar-refractivity contribution in [3.8, 4) is 11.5 Å². The van der Waals surface area contributed by atoms with E-state index in [1.165, 1.54) is 4.68 Å². The molecule has 34 heavy (non-hydrogen) atoms. The van der Waals surface area contributed by atoms with Gasteiger partial charge in [0.25, 0.3) is 5.56 Å². The molecule has 3 heterocycles. The molecule has 0 bridgehead atoms. The molecule has 5 rings (SSSR count). The average molecular weight is 473 g/mol. The summed E-state index contributed by atoms with van der Waals surface area (Å²) in [5, 5.41) is 12.7. The summed E-state index contributed by atoms with van der Waals surface area (Å²) in [5.41, 5.74) is 1.88. The number of benzene rings is 2. The van der Waals surface area contributed by atoms with Crippen LogP contribution in [0.3, 0.4) is 0 Å². The maximum atomic E-state index is 13.7. The third-order valence-corrected chi connectivity index (χ3v) is 5.94. The molecule has 0 saturated carbocycles. The molecule has 0 radical (unpaired) electrons. The lowest BCUT2D eigenvalue weighted by atomic mass is 10.2. The minimum Gasteiger partial charge on any atom is -0.323 e. The predicted molar refractivity (Wildman–Crippen MR) is 132 cm³/mol. The Kier molecular flexibility index (Phi) is 5.51. The quantitative estimate of drug-likeness (QED) is 0.407. The highest BCUT2D eigenvalue weighted by Crippen LogP contribution is 2.26. The van der Waals surface area contributed by atoms with Crippen molar-refractivity contribution in [2.75, 3.05) is 5.32 Å². The Morgan fingerprint density at radius 2 is 1.65 bits per heavy atom. The molecule has 1 atom stereocenters. The van der Waals surface area contributed by atoms with Crippen molar-refractivity contribution >= 4 is 34.1 Å². The summed E-state index contributed by atoms with van der Waals surface area (Å²) in [6, 6.07) is 19.4. The number of aryl methyl sites for hydroxylation is 1. The van der Waals surface area contributed by atoms with Crippen LogP contribution in [-0.4, -0.2) is 30.0 Å². The van der Waals surface area contributed by atoms with Crippen molar-refractivity contribution in [2.24, 2.45) is 0 Å². The van der Waals surface area contributed by atoms with Crippen LogP contribution in [-0.2, 0) is 4.79 Å². The minimum absolute atomic E-state index is 0.380. The van der Waals surface area contributed by atoms with Crippen molar-refractivity contribution in [3.63, 3.8) is 0 Å². The molecule has 0 aliphatic carbocycles. The van der Waals surface area contributed by atoms with Gasteiger partial charge in [0.05, 0.1) is 22.1 Å². The number of para-hydroxylation sites is 2. The Morgan fingerprint density at radius 3 is 2.35 bits per heavy atom. The van der Waals surface area contributed by atoms with E-state index in [9.17, 15) is 9.59 Å². The molecule has 1 amide bonds. The number of halogens is 1. The smallest absolute Gasteiger partial charge is 0.280 e. The van der Waals surface area contributed by atoms with Crippen LogP contribution in [0.5, 0.6) is 0 Å². The molecule has 2 aromatic carbocycles. The zero-order valence-electron chi connectivity index (χ0n) is 18.5. The number of rotatable bonds is 5. The van der Waals surface area contributed by atoms with Crippen molar-refractivity contribution in [2.45, 2.75) is 19.9 Å². The number of hydrogen-bond donors (Lipinski definition) is 1. The normalized spacial score (nSPS) is 12.1. The van der Waals surface area contributed by atoms with Gasteiger partial charge in [0, 0.05) is 12.4 Å². The third kappa shape index (κ3) is 3.68. The van der Waals surface area contributed by atoms with Gasteiger partial charge in [-0.25, -0.2) is 9.36 Å². The fourth-order valence-electron chi connectivity index (χ4n) is 3.86. The lowest BCUT2D eigenvalue weighted by molar-refractivity contribution is -0.119. The number of nitrogens with zero attached hydrogens (tertiary/aromatic N) is 5. The highest BCUT2D eigenvalue weighted by molar-refractivity contribution is 6.33. The first-order chi connectivity index (χ1) is 16.5. The van der Waals surface area contributed by atoms with Crippen molar-refractivity contribution in [1.29, 1.82) is 0 Å². The standard InChI is InChI=1S/C25H21ClN6O2/c1-16-22-21(24(30-14-8-9-15-30)32(29-22)18-10-4-3-5-11-18)25(34)31(28-16)17(2)23(33)27-20-13-7-6-12-19(20)26/h3-15,17H,1-2H3,(H,27,33)/t17-/m0/s1. The Bertz CT molecular complexity index is 1550. The molecular weight excluding hydrogens is 452 g/mol. The molecule has 0 spiro atoms. The highest BCUT2D eigenvalue weighted by Gasteiger charge is 2.25. The first kappa shape index (κ1) is 21.7. The summed E-state index contributed by atoms with van der Waals surface area (Å²) in [6.07, 6.45) is 3.70. The van der Waals surface area contributed by atoms with Crippen LogP contribution >= 0.6 is 11.6 Å². The molecule has 5 aromatic rings. The Labute approximate surface area is 200 Å². The molecule has 0 fully saturated rings. The third-order valence-electron chi connectivity index (χ3n) is 5.61. The molecule has 1 N–H and O–H groups in total. The van der Waals surface area contributed by atoms with Gasteiger partial charge in [-0.05, 0) is 50.2 Å². The van der Waals surface area contributed by atoms with E-state index in [0.717, 1.165) is 5.69 Å². The summed E-state index contributed by atoms with van der Waals surface area (Å²) in [4.78, 5) is 26.7. The van der Waals surface area contributed by atoms with Gasteiger partial charge in [0.1, 0.15) is 16.9 Å². The van der Waals surface area contributed by atoms with E-state index in [1.54, 1.807) is 42.8 Å². The van der Waals surface area contributed by atoms with Crippen LogP contribution in [0.2, 0.25) is 5.02 Å². The van der Waals surface area contributed by atoms with E-state index in [2.05, 4.69) is 10.4 Å². The second kappa shape index (κ2) is 8.64. The average Bonchev–Trinajstić information content (AvgIpc) is 3.51. The molecule has 3 aromatic heterocycles. The molecule has 170 valence electrons. The number of hydrogen-bond acceptors (Lipinski definition) is 4. The van der Waals surface area contributed by atoms with Crippen molar-refractivity contribution in [1.82, 2.24) is 24.1 Å². The van der Waals surface area contributed by atoms with E-state index in [-0.39, 0.29) is 0 Å². The first-order valence-corrected chi connectivity index (χ1v) is 11.1. The van der Waals surface area contributed by atoms with Gasteiger partial charge in [-0.1, -0.05) is 41.9 Å². The molecule has 0 aliphatic heterocycles. The number of carbonyl (C=O) groups is 1. The zero-order valence-corrected chi connectivity index (χ0v) is 19.3. The number of fused-ring (bicyclic) bond motifs is 1. The van der Waals surface area contributed by atoms with Crippen molar-refractivity contribution in [3.05, 3.63) is 100 Å². The monoisotopic (exact) mass is 472 g/mol. The van der Waals surface area contributed by atoms with Crippen LogP contribution in [0, 0.1) is 6.92 Å². The summed E-state index contributed by atoms with van der Waals surface area (Å²) in [5.74, 6) is 0.175. The van der Waals surface area contributed by atoms with Gasteiger partial charge in [0.15, 0.2) is 5.82 Å². The molecule has 0 aliphatic rings. The van der Waals surface area contributed by atoms with E-state index in [4.69, 9.17) is 16.7 Å². The molecule has 0 unspecified atom stereocenters. The van der Waals surface area contributed by atoms with Gasteiger partial charge in [-0.2, -0.15) is 10.2 Å². The SMILES string of the molecule is Cc1nn([C@@H](C)C(=O)Nc2ccccc2Cl)c(=O)c2c(-n3cccc3)n(-c3ccccc3)nc12. The van der Waals surface area contributed by atoms with E-state index < -0.39 is 17.5 Å². The second-order valence-electron chi connectivity index (χ2n) is 7.87. The minimum atomic E-state index is -0.885. The van der Waals surface area contributed by atoms with E-state index in [0.29, 0.717) is 33.1 Å². The summed E-state index contributed by atoms with van der Waals surface area (Å²) >= 11 is 6.18. The Hall–Kier alpha value is -4.17. The maximum absolute atomic E-state index is 13.7. The van der Waals surface area contributed by atoms with Gasteiger partial charge in [-0.15, -0.1) is 0 Å². The second-order valence-corrected chi connectivity index (χ2v) is 8.27. The van der Waals surface area contributed by atoms with Gasteiger partial charge >= 0.3 is 0 Å². The molecule has 0 saturated heterocycles. The zero-order chi connectivity index (χ0) is 23.8. The lowest BCUT2D eigenvalue weighted by Gasteiger charge is -2.15. The number of nitrogens with one attached hydrogen (secondary N) is 1. The fourth-order valence-corrected chi connectivity index (χ4v) is 4.05. The Morgan fingerprint density at radius 1 is 0.971 bits per heavy atom. The van der Waals surface area contributed by atoms with Gasteiger partial charge < -0.3 is 9.88 Å². The van der Waals surface area contributed by atoms with E-state index >= 15 is 0 Å². The van der Waals surface area contributed by atoms with Crippen LogP contribution in [0.25, 0.3) is 22.4 Å². The molecule has 9 heteroatoms. The summed E-state index contributed by atoms with van der Waals surface area (Å²) < 4.78 is 4.76. The summed E-state index contributed by atoms with van der Waals surface area (Å²) in [7, 11) is 0. The lowest BCUT2D eigenvalue weighted by Crippen LogP contribution is -2.34. The Balaban J connectivity index is 1.68. The first-order valence-electron chi connectivity index (χ1n) is 10.7. The van der Waals surface area contributed by atoms with Crippen molar-refractivity contribution < 1.29 is 4.79 Å². The number of carbonyl (C=O) groups excluding carboxylic acids is 1. The highest BCUT2D eigenvalue weighted by atomic mass is 35.5. The maximum Gasteiger partial charge on any atom is 0.280 e.